The van der Waals surface area contributed by atoms with E-state index in [2.05, 4.69) is 4.90 Å². The van der Waals surface area contributed by atoms with Gasteiger partial charge in [-0.25, -0.2) is 4.39 Å². The largest absolute Gasteiger partial charge is 0.507 e. The second-order valence-electron chi connectivity index (χ2n) is 8.20. The Morgan fingerprint density at radius 1 is 1.15 bits per heavy atom. The molecule has 2 heterocycles. The number of Topliss-reactive ketones (excluding diaryl/α,β-unsaturated/α-hetero) is 1. The predicted octanol–water partition coefficient (Wildman–Crippen LogP) is 2.68. The molecule has 2 aliphatic rings. The Labute approximate surface area is 196 Å². The number of aliphatic hydroxyl groups is 1. The zero-order valence-electron chi connectivity index (χ0n) is 18.9. The first-order valence-corrected chi connectivity index (χ1v) is 11.1. The topological polar surface area (TPSA) is 99.5 Å². The number of ketones is 1. The van der Waals surface area contributed by atoms with Crippen LogP contribution in [0.2, 0.25) is 0 Å². The van der Waals surface area contributed by atoms with E-state index in [4.69, 9.17) is 9.47 Å². The summed E-state index contributed by atoms with van der Waals surface area (Å²) < 4.78 is 25.3. The highest BCUT2D eigenvalue weighted by Gasteiger charge is 2.47. The minimum Gasteiger partial charge on any atom is -0.507 e. The van der Waals surface area contributed by atoms with Crippen LogP contribution in [-0.4, -0.2) is 78.2 Å². The number of ether oxygens (including phenoxy) is 2. The highest BCUT2D eigenvalue weighted by Crippen LogP contribution is 2.42. The number of morpholine rings is 1. The van der Waals surface area contributed by atoms with Gasteiger partial charge in [0.2, 0.25) is 0 Å². The fraction of sp³-hybridized carbons (Fsp3) is 0.360. The van der Waals surface area contributed by atoms with Crippen LogP contribution in [0.1, 0.15) is 23.6 Å². The maximum atomic E-state index is 14.9. The first-order valence-electron chi connectivity index (χ1n) is 11.1. The molecule has 1 unspecified atom stereocenters. The second-order valence-corrected chi connectivity index (χ2v) is 8.20. The second kappa shape index (κ2) is 10.2. The minimum atomic E-state index is -1.12. The molecule has 9 heteroatoms. The first-order chi connectivity index (χ1) is 16.4. The third-order valence-corrected chi connectivity index (χ3v) is 6.18. The summed E-state index contributed by atoms with van der Waals surface area (Å²) >= 11 is 0. The molecule has 0 radical (unpaired) electrons. The number of carbonyl (C=O) groups is 2. The van der Waals surface area contributed by atoms with E-state index in [9.17, 15) is 24.2 Å². The van der Waals surface area contributed by atoms with Crippen LogP contribution in [-0.2, 0) is 14.3 Å². The SMILES string of the molecule is COc1ccc(C(O)=C2C(=O)C(=O)N(CCCN3CCOCC3)C2c2ccccc2F)c(O)c1. The number of carbonyl (C=O) groups excluding carboxylic acids is 2. The summed E-state index contributed by atoms with van der Waals surface area (Å²) in [5, 5.41) is 21.5. The number of hydrogen-bond donors (Lipinski definition) is 2. The molecule has 0 aromatic heterocycles. The molecule has 0 spiro atoms. The van der Waals surface area contributed by atoms with Crippen molar-refractivity contribution in [2.75, 3.05) is 46.5 Å². The lowest BCUT2D eigenvalue weighted by Crippen LogP contribution is -2.39. The molecule has 4 rings (SSSR count). The molecule has 2 saturated heterocycles. The number of aromatic hydroxyl groups is 1. The van der Waals surface area contributed by atoms with Crippen molar-refractivity contribution in [3.63, 3.8) is 0 Å². The van der Waals surface area contributed by atoms with Crippen LogP contribution in [0.4, 0.5) is 4.39 Å². The Kier molecular flexibility index (Phi) is 7.14. The zero-order valence-corrected chi connectivity index (χ0v) is 18.9. The average molecular weight is 470 g/mol. The van der Waals surface area contributed by atoms with Crippen LogP contribution >= 0.6 is 0 Å². The molecule has 0 saturated carbocycles. The van der Waals surface area contributed by atoms with Gasteiger partial charge in [0, 0.05) is 37.8 Å². The third-order valence-electron chi connectivity index (χ3n) is 6.18. The lowest BCUT2D eigenvalue weighted by Gasteiger charge is -2.29. The van der Waals surface area contributed by atoms with Gasteiger partial charge in [0.1, 0.15) is 23.1 Å². The van der Waals surface area contributed by atoms with Gasteiger partial charge in [-0.1, -0.05) is 18.2 Å². The van der Waals surface area contributed by atoms with Crippen molar-refractivity contribution >= 4 is 17.4 Å². The summed E-state index contributed by atoms with van der Waals surface area (Å²) in [6, 6.07) is 8.91. The highest BCUT2D eigenvalue weighted by molar-refractivity contribution is 6.46. The van der Waals surface area contributed by atoms with Crippen LogP contribution in [0, 0.1) is 5.82 Å². The average Bonchev–Trinajstić information content (AvgIpc) is 3.09. The third kappa shape index (κ3) is 4.62. The van der Waals surface area contributed by atoms with Gasteiger partial charge in [0.05, 0.1) is 37.5 Å². The van der Waals surface area contributed by atoms with E-state index in [1.807, 2.05) is 0 Å². The minimum absolute atomic E-state index is 0.0477. The van der Waals surface area contributed by atoms with E-state index in [1.54, 1.807) is 6.07 Å². The molecule has 2 aliphatic heterocycles. The number of likely N-dealkylation sites (tertiary alicyclic amines) is 1. The lowest BCUT2D eigenvalue weighted by molar-refractivity contribution is -0.140. The number of hydrogen-bond acceptors (Lipinski definition) is 7. The van der Waals surface area contributed by atoms with Crippen LogP contribution < -0.4 is 4.74 Å². The summed E-state index contributed by atoms with van der Waals surface area (Å²) in [7, 11) is 1.43. The quantitative estimate of drug-likeness (QED) is 0.365. The van der Waals surface area contributed by atoms with E-state index in [1.165, 1.54) is 48.4 Å². The van der Waals surface area contributed by atoms with Gasteiger partial charge in [-0.05, 0) is 24.6 Å². The van der Waals surface area contributed by atoms with E-state index in [0.717, 1.165) is 13.1 Å². The molecular formula is C25H27FN2O6. The normalized spacial score (nSPS) is 20.6. The number of benzene rings is 2. The number of rotatable bonds is 7. The fourth-order valence-corrected chi connectivity index (χ4v) is 4.40. The molecular weight excluding hydrogens is 443 g/mol. The summed E-state index contributed by atoms with van der Waals surface area (Å²) in [6.07, 6.45) is 0.561. The summed E-state index contributed by atoms with van der Waals surface area (Å²) in [5.41, 5.74) is -0.210. The highest BCUT2D eigenvalue weighted by atomic mass is 19.1. The molecule has 1 amide bonds. The monoisotopic (exact) mass is 470 g/mol. The number of amides is 1. The molecule has 0 aliphatic carbocycles. The molecule has 34 heavy (non-hydrogen) atoms. The first kappa shape index (κ1) is 23.7. The van der Waals surface area contributed by atoms with Gasteiger partial charge in [-0.2, -0.15) is 0 Å². The number of methoxy groups -OCH3 is 1. The Hall–Kier alpha value is -3.43. The van der Waals surface area contributed by atoms with E-state index in [-0.39, 0.29) is 29.0 Å². The molecule has 1 atom stereocenters. The van der Waals surface area contributed by atoms with E-state index < -0.39 is 29.3 Å². The number of nitrogens with zero attached hydrogens (tertiary/aromatic N) is 2. The molecule has 2 N–H and O–H groups in total. The Bertz CT molecular complexity index is 1110. The molecule has 2 aromatic carbocycles. The lowest BCUT2D eigenvalue weighted by atomic mass is 9.94. The standard InChI is InChI=1S/C25H27FN2O6/c1-33-16-7-8-18(20(29)15-16)23(30)21-22(17-5-2-3-6-19(17)26)28(25(32)24(21)31)10-4-9-27-11-13-34-14-12-27/h2-3,5-8,15,22,29-30H,4,9-14H2,1H3. The van der Waals surface area contributed by atoms with Gasteiger partial charge in [-0.15, -0.1) is 0 Å². The molecule has 180 valence electrons. The summed E-state index contributed by atoms with van der Waals surface area (Å²) in [5.74, 6) is -2.89. The predicted molar refractivity (Wildman–Crippen MR) is 122 cm³/mol. The van der Waals surface area contributed by atoms with Crippen LogP contribution in [0.3, 0.4) is 0 Å². The fourth-order valence-electron chi connectivity index (χ4n) is 4.40. The Morgan fingerprint density at radius 2 is 1.88 bits per heavy atom. The number of aliphatic hydroxyl groups excluding tert-OH is 1. The van der Waals surface area contributed by atoms with Crippen molar-refractivity contribution in [1.82, 2.24) is 9.80 Å². The van der Waals surface area contributed by atoms with Crippen molar-refractivity contribution in [2.45, 2.75) is 12.5 Å². The molecule has 8 nitrogen and oxygen atoms in total. The van der Waals surface area contributed by atoms with Gasteiger partial charge >= 0.3 is 0 Å². The van der Waals surface area contributed by atoms with Crippen LogP contribution in [0.25, 0.3) is 5.76 Å². The van der Waals surface area contributed by atoms with Crippen molar-refractivity contribution in [3.05, 3.63) is 65.0 Å². The van der Waals surface area contributed by atoms with Gasteiger partial charge in [0.25, 0.3) is 11.7 Å². The molecule has 2 aromatic rings. The van der Waals surface area contributed by atoms with Crippen molar-refractivity contribution < 1.29 is 33.7 Å². The van der Waals surface area contributed by atoms with Crippen molar-refractivity contribution in [3.8, 4) is 11.5 Å². The van der Waals surface area contributed by atoms with Crippen molar-refractivity contribution in [1.29, 1.82) is 0 Å². The van der Waals surface area contributed by atoms with E-state index >= 15 is 0 Å². The smallest absolute Gasteiger partial charge is 0.295 e. The Balaban J connectivity index is 1.71. The zero-order chi connectivity index (χ0) is 24.2. The van der Waals surface area contributed by atoms with Gasteiger partial charge in [0.15, 0.2) is 0 Å². The number of phenolic OH excluding ortho intramolecular Hbond substituents is 1. The van der Waals surface area contributed by atoms with E-state index in [0.29, 0.717) is 31.9 Å². The maximum Gasteiger partial charge on any atom is 0.295 e. The van der Waals surface area contributed by atoms with Crippen LogP contribution in [0.5, 0.6) is 11.5 Å². The Morgan fingerprint density at radius 3 is 2.56 bits per heavy atom. The molecule has 2 fully saturated rings. The van der Waals surface area contributed by atoms with Crippen molar-refractivity contribution in [2.24, 2.45) is 0 Å². The number of halogens is 1. The summed E-state index contributed by atoms with van der Waals surface area (Å²) in [4.78, 5) is 29.6. The number of phenols is 1. The summed E-state index contributed by atoms with van der Waals surface area (Å²) in [6.45, 7) is 3.75. The van der Waals surface area contributed by atoms with Gasteiger partial charge < -0.3 is 24.6 Å². The van der Waals surface area contributed by atoms with Crippen LogP contribution in [0.15, 0.2) is 48.0 Å². The molecule has 0 bridgehead atoms. The maximum absolute atomic E-state index is 14.9. The van der Waals surface area contributed by atoms with Gasteiger partial charge in [-0.3, -0.25) is 14.5 Å².